The second kappa shape index (κ2) is 34.3. The maximum atomic E-state index is 12.6. The Balaban J connectivity index is 4.36. The normalized spacial score (nSPS) is 13.2. The molecule has 0 saturated heterocycles. The van der Waals surface area contributed by atoms with E-state index in [4.69, 9.17) is 14.2 Å². The highest BCUT2D eigenvalue weighted by molar-refractivity contribution is 5.71. The summed E-state index contributed by atoms with van der Waals surface area (Å²) in [5, 5.41) is 0. The van der Waals surface area contributed by atoms with Crippen LogP contribution in [0.3, 0.4) is 0 Å². The summed E-state index contributed by atoms with van der Waals surface area (Å²) in [4.78, 5) is 37.4. The van der Waals surface area contributed by atoms with Crippen molar-refractivity contribution >= 4 is 17.9 Å². The first-order chi connectivity index (χ1) is 22.8. The summed E-state index contributed by atoms with van der Waals surface area (Å²) in [6, 6.07) is 0. The molecule has 2 unspecified atom stereocenters. The van der Waals surface area contributed by atoms with E-state index in [1.54, 1.807) is 0 Å². The first-order valence-corrected chi connectivity index (χ1v) is 20.3. The zero-order chi connectivity index (χ0) is 34.8. The largest absolute Gasteiger partial charge is 0.462 e. The minimum absolute atomic E-state index is 0.0674. The fourth-order valence-corrected chi connectivity index (χ4v) is 5.80. The van der Waals surface area contributed by atoms with Gasteiger partial charge in [0.2, 0.25) is 0 Å². The third-order valence-electron chi connectivity index (χ3n) is 9.69. The molecule has 278 valence electrons. The summed E-state index contributed by atoms with van der Waals surface area (Å²) in [6.07, 6.45) is 29.5. The van der Waals surface area contributed by atoms with Crippen LogP contribution in [0.2, 0.25) is 0 Å². The van der Waals surface area contributed by atoms with Gasteiger partial charge in [0.25, 0.3) is 0 Å². The van der Waals surface area contributed by atoms with Gasteiger partial charge >= 0.3 is 17.9 Å². The van der Waals surface area contributed by atoms with Crippen molar-refractivity contribution in [2.24, 2.45) is 11.8 Å². The first-order valence-electron chi connectivity index (χ1n) is 20.3. The van der Waals surface area contributed by atoms with Gasteiger partial charge in [0.05, 0.1) is 0 Å². The molecule has 0 radical (unpaired) electrons. The van der Waals surface area contributed by atoms with Crippen molar-refractivity contribution in [1.29, 1.82) is 0 Å². The molecule has 0 aromatic rings. The van der Waals surface area contributed by atoms with Crippen LogP contribution >= 0.6 is 0 Å². The second-order valence-electron chi connectivity index (χ2n) is 14.4. The lowest BCUT2D eigenvalue weighted by Crippen LogP contribution is -2.30. The molecule has 0 heterocycles. The Kier molecular flexibility index (Phi) is 33.1. The number of unbranched alkanes of at least 4 members (excludes halogenated alkanes) is 18. The van der Waals surface area contributed by atoms with E-state index in [-0.39, 0.29) is 31.1 Å². The highest BCUT2D eigenvalue weighted by Crippen LogP contribution is 2.17. The molecular formula is C41H78O6. The van der Waals surface area contributed by atoms with E-state index >= 15 is 0 Å². The van der Waals surface area contributed by atoms with Crippen LogP contribution in [0.4, 0.5) is 0 Å². The standard InChI is InChI=1S/C41H78O6/c1-6-9-10-11-14-21-26-31-39(42)45-34-38(35-46-40(43)32-27-22-18-17-20-25-30-37(5)8-3)47-41(44)33-28-23-16-13-12-15-19-24-29-36(4)7-2/h36-38H,6-35H2,1-5H3/t36?,37?,38-/m1/s1. The third kappa shape index (κ3) is 32.7. The van der Waals surface area contributed by atoms with Crippen LogP contribution in [0.15, 0.2) is 0 Å². The molecule has 47 heavy (non-hydrogen) atoms. The van der Waals surface area contributed by atoms with Crippen LogP contribution in [0.1, 0.15) is 214 Å². The fraction of sp³-hybridized carbons (Fsp3) is 0.927. The van der Waals surface area contributed by atoms with Crippen LogP contribution in [-0.4, -0.2) is 37.2 Å². The van der Waals surface area contributed by atoms with Crippen LogP contribution in [0, 0.1) is 11.8 Å². The predicted octanol–water partition coefficient (Wildman–Crippen LogP) is 12.2. The number of rotatable bonds is 35. The van der Waals surface area contributed by atoms with Gasteiger partial charge in [-0.05, 0) is 31.1 Å². The van der Waals surface area contributed by atoms with Crippen molar-refractivity contribution in [2.75, 3.05) is 13.2 Å². The van der Waals surface area contributed by atoms with E-state index in [0.717, 1.165) is 69.6 Å². The van der Waals surface area contributed by atoms with E-state index in [0.29, 0.717) is 19.3 Å². The second-order valence-corrected chi connectivity index (χ2v) is 14.4. The van der Waals surface area contributed by atoms with E-state index in [1.165, 1.54) is 103 Å². The minimum atomic E-state index is -0.759. The van der Waals surface area contributed by atoms with Crippen molar-refractivity contribution < 1.29 is 28.6 Å². The van der Waals surface area contributed by atoms with Gasteiger partial charge in [-0.3, -0.25) is 14.4 Å². The van der Waals surface area contributed by atoms with Gasteiger partial charge in [-0.1, -0.05) is 176 Å². The molecule has 0 aliphatic carbocycles. The van der Waals surface area contributed by atoms with Crippen molar-refractivity contribution in [2.45, 2.75) is 221 Å². The quantitative estimate of drug-likeness (QED) is 0.0380. The average Bonchev–Trinajstić information content (AvgIpc) is 3.07. The Labute approximate surface area is 291 Å². The molecule has 6 heteroatoms. The smallest absolute Gasteiger partial charge is 0.306 e. The zero-order valence-electron chi connectivity index (χ0n) is 31.9. The van der Waals surface area contributed by atoms with E-state index in [1.807, 2.05) is 0 Å². The topological polar surface area (TPSA) is 78.9 Å². The number of carbonyl (C=O) groups is 3. The first kappa shape index (κ1) is 45.4. The Hall–Kier alpha value is -1.59. The lowest BCUT2D eigenvalue weighted by molar-refractivity contribution is -0.167. The molecular weight excluding hydrogens is 588 g/mol. The van der Waals surface area contributed by atoms with Crippen LogP contribution < -0.4 is 0 Å². The maximum absolute atomic E-state index is 12.6. The SMILES string of the molecule is CCCCCCCCCC(=O)OC[C@H](COC(=O)CCCCCCCCC(C)CC)OC(=O)CCCCCCCCCCC(C)CC. The van der Waals surface area contributed by atoms with Crippen molar-refractivity contribution in [3.8, 4) is 0 Å². The molecule has 0 aliphatic heterocycles. The molecule has 3 atom stereocenters. The van der Waals surface area contributed by atoms with Gasteiger partial charge in [-0.15, -0.1) is 0 Å². The molecule has 0 spiro atoms. The Morgan fingerprint density at radius 3 is 1.11 bits per heavy atom. The molecule has 0 N–H and O–H groups in total. The summed E-state index contributed by atoms with van der Waals surface area (Å²) < 4.78 is 16.6. The predicted molar refractivity (Wildman–Crippen MR) is 196 cm³/mol. The number of hydrogen-bond acceptors (Lipinski definition) is 6. The number of hydrogen-bond donors (Lipinski definition) is 0. The highest BCUT2D eigenvalue weighted by atomic mass is 16.6. The van der Waals surface area contributed by atoms with Crippen molar-refractivity contribution in [1.82, 2.24) is 0 Å². The van der Waals surface area contributed by atoms with Crippen molar-refractivity contribution in [3.63, 3.8) is 0 Å². The van der Waals surface area contributed by atoms with Gasteiger partial charge in [0.1, 0.15) is 13.2 Å². The van der Waals surface area contributed by atoms with Gasteiger partial charge < -0.3 is 14.2 Å². The van der Waals surface area contributed by atoms with E-state index in [9.17, 15) is 14.4 Å². The summed E-state index contributed by atoms with van der Waals surface area (Å²) >= 11 is 0. The van der Waals surface area contributed by atoms with Crippen molar-refractivity contribution in [3.05, 3.63) is 0 Å². The third-order valence-corrected chi connectivity index (χ3v) is 9.69. The Morgan fingerprint density at radius 1 is 0.426 bits per heavy atom. The van der Waals surface area contributed by atoms with Crippen LogP contribution in [-0.2, 0) is 28.6 Å². The number of ether oxygens (including phenoxy) is 3. The molecule has 0 fully saturated rings. The van der Waals surface area contributed by atoms with Gasteiger partial charge in [-0.2, -0.15) is 0 Å². The summed E-state index contributed by atoms with van der Waals surface area (Å²) in [5.41, 5.74) is 0. The van der Waals surface area contributed by atoms with Gasteiger partial charge in [0.15, 0.2) is 6.10 Å². The van der Waals surface area contributed by atoms with Gasteiger partial charge in [-0.25, -0.2) is 0 Å². The molecule has 6 nitrogen and oxygen atoms in total. The number of esters is 3. The zero-order valence-corrected chi connectivity index (χ0v) is 31.9. The summed E-state index contributed by atoms with van der Waals surface area (Å²) in [6.45, 7) is 11.2. The van der Waals surface area contributed by atoms with E-state index in [2.05, 4.69) is 34.6 Å². The summed E-state index contributed by atoms with van der Waals surface area (Å²) in [7, 11) is 0. The lowest BCUT2D eigenvalue weighted by atomic mass is 9.99. The molecule has 0 rings (SSSR count). The highest BCUT2D eigenvalue weighted by Gasteiger charge is 2.19. The molecule has 0 bridgehead atoms. The maximum Gasteiger partial charge on any atom is 0.306 e. The lowest BCUT2D eigenvalue weighted by Gasteiger charge is -2.18. The minimum Gasteiger partial charge on any atom is -0.462 e. The Morgan fingerprint density at radius 2 is 0.745 bits per heavy atom. The van der Waals surface area contributed by atoms with Gasteiger partial charge in [0, 0.05) is 19.3 Å². The fourth-order valence-electron chi connectivity index (χ4n) is 5.80. The average molecular weight is 667 g/mol. The molecule has 0 aromatic heterocycles. The monoisotopic (exact) mass is 667 g/mol. The molecule has 0 amide bonds. The molecule has 0 aliphatic rings. The number of carbonyl (C=O) groups excluding carboxylic acids is 3. The van der Waals surface area contributed by atoms with E-state index < -0.39 is 6.10 Å². The molecule has 0 aromatic carbocycles. The van der Waals surface area contributed by atoms with Crippen LogP contribution in [0.5, 0.6) is 0 Å². The van der Waals surface area contributed by atoms with Crippen LogP contribution in [0.25, 0.3) is 0 Å². The Bertz CT molecular complexity index is 723. The summed E-state index contributed by atoms with van der Waals surface area (Å²) in [5.74, 6) is 0.784. The molecule has 0 saturated carbocycles.